The molecule has 1 saturated heterocycles. The highest BCUT2D eigenvalue weighted by Gasteiger charge is 2.21. The first-order chi connectivity index (χ1) is 10.6. The molecule has 5 nitrogen and oxygen atoms in total. The predicted octanol–water partition coefficient (Wildman–Crippen LogP) is 2.05. The molecule has 1 aliphatic heterocycles. The zero-order valence-corrected chi connectivity index (χ0v) is 12.4. The molecule has 1 aliphatic rings. The molecule has 0 spiro atoms. The number of carbonyl (C=O) groups is 1. The Hall–Kier alpha value is -1.89. The van der Waals surface area contributed by atoms with Crippen molar-refractivity contribution in [1.29, 1.82) is 0 Å². The minimum absolute atomic E-state index is 0.00562. The Morgan fingerprint density at radius 2 is 2.23 bits per heavy atom. The molecule has 2 rings (SSSR count). The smallest absolute Gasteiger partial charge is 0.387 e. The first-order valence-electron chi connectivity index (χ1n) is 7.31. The van der Waals surface area contributed by atoms with Crippen molar-refractivity contribution in [2.75, 3.05) is 13.2 Å². The molecule has 1 fully saturated rings. The van der Waals surface area contributed by atoms with Crippen LogP contribution in [0.2, 0.25) is 0 Å². The Kier molecular flexibility index (Phi) is 5.94. The molecule has 0 saturated carbocycles. The fourth-order valence-electron chi connectivity index (χ4n) is 2.33. The standard InChI is InChI=1S/C15H20F2N2O3/c1-2-21-13-8-10(5-6-12(13)22-15(16)17)9-19-11-4-3-7-18-14(11)20/h5-6,8,11,15,19H,2-4,7,9H2,1H3,(H,18,20)/t11-/m0/s1. The Balaban J connectivity index is 2.01. The third-order valence-electron chi connectivity index (χ3n) is 3.36. The van der Waals surface area contributed by atoms with Gasteiger partial charge in [0.2, 0.25) is 5.91 Å². The summed E-state index contributed by atoms with van der Waals surface area (Å²) in [6, 6.07) is 4.55. The van der Waals surface area contributed by atoms with E-state index in [9.17, 15) is 13.6 Å². The molecular weight excluding hydrogens is 294 g/mol. The molecule has 0 unspecified atom stereocenters. The van der Waals surface area contributed by atoms with Crippen LogP contribution in [-0.2, 0) is 11.3 Å². The van der Waals surface area contributed by atoms with Gasteiger partial charge in [-0.2, -0.15) is 8.78 Å². The molecule has 0 aliphatic carbocycles. The first kappa shape index (κ1) is 16.5. The van der Waals surface area contributed by atoms with Gasteiger partial charge < -0.3 is 20.1 Å². The van der Waals surface area contributed by atoms with Gasteiger partial charge in [0.05, 0.1) is 12.6 Å². The van der Waals surface area contributed by atoms with E-state index in [4.69, 9.17) is 4.74 Å². The van der Waals surface area contributed by atoms with Crippen molar-refractivity contribution >= 4 is 5.91 Å². The number of carbonyl (C=O) groups excluding carboxylic acids is 1. The molecule has 1 amide bonds. The second-order valence-corrected chi connectivity index (χ2v) is 4.96. The summed E-state index contributed by atoms with van der Waals surface area (Å²) in [7, 11) is 0. The van der Waals surface area contributed by atoms with E-state index >= 15 is 0 Å². The van der Waals surface area contributed by atoms with Crippen LogP contribution in [-0.4, -0.2) is 31.7 Å². The number of amides is 1. The average molecular weight is 314 g/mol. The summed E-state index contributed by atoms with van der Waals surface area (Å²) in [5.74, 6) is 0.278. The van der Waals surface area contributed by atoms with E-state index in [1.807, 2.05) is 0 Å². The second-order valence-electron chi connectivity index (χ2n) is 4.96. The van der Waals surface area contributed by atoms with Crippen LogP contribution < -0.4 is 20.1 Å². The zero-order valence-electron chi connectivity index (χ0n) is 12.4. The van der Waals surface area contributed by atoms with Crippen molar-refractivity contribution in [2.24, 2.45) is 0 Å². The van der Waals surface area contributed by atoms with Crippen molar-refractivity contribution in [1.82, 2.24) is 10.6 Å². The van der Waals surface area contributed by atoms with E-state index in [1.54, 1.807) is 19.1 Å². The number of nitrogens with one attached hydrogen (secondary N) is 2. The summed E-state index contributed by atoms with van der Waals surface area (Å²) in [4.78, 5) is 11.7. The minimum Gasteiger partial charge on any atom is -0.490 e. The molecule has 0 radical (unpaired) electrons. The molecule has 122 valence electrons. The van der Waals surface area contributed by atoms with Gasteiger partial charge in [0, 0.05) is 13.1 Å². The monoisotopic (exact) mass is 314 g/mol. The van der Waals surface area contributed by atoms with Crippen LogP contribution in [0.25, 0.3) is 0 Å². The van der Waals surface area contributed by atoms with E-state index in [1.165, 1.54) is 6.07 Å². The molecule has 1 aromatic carbocycles. The highest BCUT2D eigenvalue weighted by Crippen LogP contribution is 2.29. The number of halogens is 2. The van der Waals surface area contributed by atoms with Gasteiger partial charge in [-0.3, -0.25) is 4.79 Å². The Bertz CT molecular complexity index is 512. The second kappa shape index (κ2) is 7.93. The van der Waals surface area contributed by atoms with E-state index in [0.29, 0.717) is 19.7 Å². The van der Waals surface area contributed by atoms with Crippen LogP contribution in [0.1, 0.15) is 25.3 Å². The molecule has 2 N–H and O–H groups in total. The van der Waals surface area contributed by atoms with Crippen molar-refractivity contribution in [3.63, 3.8) is 0 Å². The molecular formula is C15H20F2N2O3. The van der Waals surface area contributed by atoms with Crippen LogP contribution in [0, 0.1) is 0 Å². The minimum atomic E-state index is -2.89. The highest BCUT2D eigenvalue weighted by atomic mass is 19.3. The van der Waals surface area contributed by atoms with Gasteiger partial charge in [-0.15, -0.1) is 0 Å². The maximum absolute atomic E-state index is 12.3. The van der Waals surface area contributed by atoms with Gasteiger partial charge >= 0.3 is 6.61 Å². The molecule has 1 atom stereocenters. The topological polar surface area (TPSA) is 59.6 Å². The van der Waals surface area contributed by atoms with Gasteiger partial charge in [0.1, 0.15) is 0 Å². The van der Waals surface area contributed by atoms with Gasteiger partial charge in [-0.05, 0) is 37.5 Å². The number of alkyl halides is 2. The lowest BCUT2D eigenvalue weighted by atomic mass is 10.1. The third kappa shape index (κ3) is 4.56. The fourth-order valence-corrected chi connectivity index (χ4v) is 2.33. The van der Waals surface area contributed by atoms with Crippen molar-refractivity contribution < 1.29 is 23.0 Å². The van der Waals surface area contributed by atoms with Crippen molar-refractivity contribution in [2.45, 2.75) is 39.0 Å². The normalized spacial score (nSPS) is 18.2. The van der Waals surface area contributed by atoms with Gasteiger partial charge in [0.15, 0.2) is 11.5 Å². The molecule has 1 heterocycles. The SMILES string of the molecule is CCOc1cc(CN[C@H]2CCCNC2=O)ccc1OC(F)F. The van der Waals surface area contributed by atoms with Crippen LogP contribution >= 0.6 is 0 Å². The lowest BCUT2D eigenvalue weighted by Crippen LogP contribution is -2.47. The highest BCUT2D eigenvalue weighted by molar-refractivity contribution is 5.82. The number of hydrogen-bond acceptors (Lipinski definition) is 4. The summed E-state index contributed by atoms with van der Waals surface area (Å²) >= 11 is 0. The van der Waals surface area contributed by atoms with Gasteiger partial charge in [-0.1, -0.05) is 6.07 Å². The lowest BCUT2D eigenvalue weighted by molar-refractivity contribution is -0.124. The van der Waals surface area contributed by atoms with E-state index in [-0.39, 0.29) is 23.4 Å². The molecule has 0 bridgehead atoms. The first-order valence-corrected chi connectivity index (χ1v) is 7.31. The van der Waals surface area contributed by atoms with E-state index in [0.717, 1.165) is 18.4 Å². The Labute approximate surface area is 128 Å². The largest absolute Gasteiger partial charge is 0.490 e. The fraction of sp³-hybridized carbons (Fsp3) is 0.533. The number of hydrogen-bond donors (Lipinski definition) is 2. The van der Waals surface area contributed by atoms with Crippen LogP contribution in [0.15, 0.2) is 18.2 Å². The summed E-state index contributed by atoms with van der Waals surface area (Å²) in [6.45, 7) is 0.387. The van der Waals surface area contributed by atoms with Crippen LogP contribution in [0.3, 0.4) is 0 Å². The zero-order chi connectivity index (χ0) is 15.9. The number of ether oxygens (including phenoxy) is 2. The van der Waals surface area contributed by atoms with E-state index in [2.05, 4.69) is 15.4 Å². The number of benzene rings is 1. The molecule has 7 heteroatoms. The molecule has 0 aromatic heterocycles. The lowest BCUT2D eigenvalue weighted by Gasteiger charge is -2.23. The maximum atomic E-state index is 12.3. The quantitative estimate of drug-likeness (QED) is 0.809. The van der Waals surface area contributed by atoms with Gasteiger partial charge in [-0.25, -0.2) is 0 Å². The summed E-state index contributed by atoms with van der Waals surface area (Å²) in [5, 5.41) is 5.96. The molecule has 1 aromatic rings. The summed E-state index contributed by atoms with van der Waals surface area (Å²) < 4.78 is 34.4. The maximum Gasteiger partial charge on any atom is 0.387 e. The van der Waals surface area contributed by atoms with E-state index < -0.39 is 6.61 Å². The molecule has 22 heavy (non-hydrogen) atoms. The summed E-state index contributed by atoms with van der Waals surface area (Å²) in [6.07, 6.45) is 1.73. The average Bonchev–Trinajstić information content (AvgIpc) is 2.48. The van der Waals surface area contributed by atoms with Crippen LogP contribution in [0.5, 0.6) is 11.5 Å². The summed E-state index contributed by atoms with van der Waals surface area (Å²) in [5.41, 5.74) is 0.837. The Morgan fingerprint density at radius 1 is 1.41 bits per heavy atom. The third-order valence-corrected chi connectivity index (χ3v) is 3.36. The Morgan fingerprint density at radius 3 is 2.91 bits per heavy atom. The van der Waals surface area contributed by atoms with Crippen LogP contribution in [0.4, 0.5) is 8.78 Å². The van der Waals surface area contributed by atoms with Crippen molar-refractivity contribution in [3.05, 3.63) is 23.8 Å². The number of piperidine rings is 1. The predicted molar refractivity (Wildman–Crippen MR) is 77.1 cm³/mol. The van der Waals surface area contributed by atoms with Crippen molar-refractivity contribution in [3.8, 4) is 11.5 Å². The van der Waals surface area contributed by atoms with Gasteiger partial charge in [0.25, 0.3) is 0 Å². The number of rotatable bonds is 7.